The number of nitrogens with zero attached hydrogens (tertiary/aromatic N) is 3. The number of tetrazole rings is 1. The van der Waals surface area contributed by atoms with E-state index >= 15 is 0 Å². The number of hydrogen-bond donors (Lipinski definition) is 2. The van der Waals surface area contributed by atoms with Crippen LogP contribution in [-0.4, -0.2) is 39.4 Å². The summed E-state index contributed by atoms with van der Waals surface area (Å²) in [7, 11) is 0. The van der Waals surface area contributed by atoms with Crippen LogP contribution in [0.3, 0.4) is 0 Å². The molecule has 0 saturated heterocycles. The molecule has 3 aromatic rings. The molecule has 0 spiro atoms. The molecule has 28 heavy (non-hydrogen) atoms. The smallest absolute Gasteiger partial charge is 0.297 e. The van der Waals surface area contributed by atoms with Crippen LogP contribution in [0.15, 0.2) is 28.7 Å². The van der Waals surface area contributed by atoms with Gasteiger partial charge in [0.05, 0.1) is 11.5 Å². The zero-order valence-corrected chi connectivity index (χ0v) is 15.5. The van der Waals surface area contributed by atoms with E-state index in [9.17, 15) is 4.79 Å². The van der Waals surface area contributed by atoms with Crippen molar-refractivity contribution in [2.24, 2.45) is 0 Å². The summed E-state index contributed by atoms with van der Waals surface area (Å²) in [5, 5.41) is 16.4. The highest BCUT2D eigenvalue weighted by molar-refractivity contribution is 6.07. The van der Waals surface area contributed by atoms with Gasteiger partial charge >= 0.3 is 0 Å². The van der Waals surface area contributed by atoms with E-state index in [2.05, 4.69) is 25.9 Å². The number of amides is 1. The minimum absolute atomic E-state index is 0.0484. The van der Waals surface area contributed by atoms with Gasteiger partial charge in [0.1, 0.15) is 5.58 Å². The van der Waals surface area contributed by atoms with Crippen molar-refractivity contribution in [1.82, 2.24) is 20.6 Å². The van der Waals surface area contributed by atoms with Crippen LogP contribution in [0, 0.1) is 0 Å². The maximum absolute atomic E-state index is 12.6. The van der Waals surface area contributed by atoms with Gasteiger partial charge in [0, 0.05) is 0 Å². The average molecular weight is 385 g/mol. The highest BCUT2D eigenvalue weighted by Crippen LogP contribution is 2.33. The van der Waals surface area contributed by atoms with E-state index in [1.165, 1.54) is 32.1 Å². The summed E-state index contributed by atoms with van der Waals surface area (Å²) in [4.78, 5) is 12.6. The van der Waals surface area contributed by atoms with Crippen LogP contribution in [0.2, 0.25) is 0 Å². The highest BCUT2D eigenvalue weighted by Gasteiger charge is 2.23. The first-order chi connectivity index (χ1) is 13.8. The molecule has 0 atom stereocenters. The van der Waals surface area contributed by atoms with Crippen molar-refractivity contribution in [3.8, 4) is 5.75 Å². The van der Waals surface area contributed by atoms with Crippen molar-refractivity contribution in [2.45, 2.75) is 51.0 Å². The van der Waals surface area contributed by atoms with Gasteiger partial charge in [-0.1, -0.05) is 49.3 Å². The number of carbonyl (C=O) groups is 1. The number of furan rings is 1. The molecule has 0 unspecified atom stereocenters. The number of carbonyl (C=O) groups excluding carboxylic acids is 1. The van der Waals surface area contributed by atoms with E-state index in [1.54, 1.807) is 6.07 Å². The fourth-order valence-corrected chi connectivity index (χ4v) is 3.46. The summed E-state index contributed by atoms with van der Waals surface area (Å²) >= 11 is 0. The van der Waals surface area contributed by atoms with Crippen molar-refractivity contribution >= 4 is 22.8 Å². The Labute approximate surface area is 161 Å². The zero-order valence-electron chi connectivity index (χ0n) is 15.5. The van der Waals surface area contributed by atoms with Crippen molar-refractivity contribution in [3.63, 3.8) is 0 Å². The Kier molecular flexibility index (Phi) is 5.81. The van der Waals surface area contributed by atoms with Crippen molar-refractivity contribution in [2.75, 3.05) is 12.1 Å². The normalized spacial score (nSPS) is 15.9. The highest BCUT2D eigenvalue weighted by atomic mass is 16.7. The van der Waals surface area contributed by atoms with Gasteiger partial charge in [0.2, 0.25) is 5.76 Å². The monoisotopic (exact) mass is 385 g/mol. The van der Waals surface area contributed by atoms with Crippen LogP contribution < -0.4 is 10.1 Å². The van der Waals surface area contributed by atoms with E-state index in [1.807, 2.05) is 18.2 Å². The largest absolute Gasteiger partial charge is 0.463 e. The topological polar surface area (TPSA) is 115 Å². The molecular formula is C19H23N5O4. The molecule has 0 radical (unpaired) electrons. The van der Waals surface area contributed by atoms with Gasteiger partial charge in [-0.3, -0.25) is 10.1 Å². The number of ether oxygens (including phenoxy) is 2. The van der Waals surface area contributed by atoms with E-state index < -0.39 is 5.91 Å². The fourth-order valence-electron chi connectivity index (χ4n) is 3.46. The van der Waals surface area contributed by atoms with Gasteiger partial charge in [0.25, 0.3) is 11.9 Å². The summed E-state index contributed by atoms with van der Waals surface area (Å²) in [6.07, 6.45) is 8.45. The van der Waals surface area contributed by atoms with Gasteiger partial charge in [-0.15, -0.1) is 5.10 Å². The third kappa shape index (κ3) is 4.30. The summed E-state index contributed by atoms with van der Waals surface area (Å²) < 4.78 is 17.5. The lowest BCUT2D eigenvalue weighted by Crippen LogP contribution is -2.19. The Balaban J connectivity index is 1.47. The quantitative estimate of drug-likeness (QED) is 0.622. The first-order valence-corrected chi connectivity index (χ1v) is 9.62. The molecule has 2 aromatic heterocycles. The fraction of sp³-hybridized carbons (Fsp3) is 0.474. The summed E-state index contributed by atoms with van der Waals surface area (Å²) in [6, 6.07) is 7.32. The lowest BCUT2D eigenvalue weighted by atomic mass is 9.99. The standard InChI is InChI=1S/C19H23N5O4/c25-18(20-19-21-23-24-22-19)17-16(14-10-6-7-11-15(14)28-17)27-12-26-13-8-4-2-1-3-5-9-13/h6-7,10-11,13H,1-5,8-9,12H2,(H2,20,21,22,23,24,25). The number of fused-ring (bicyclic) bond motifs is 1. The Morgan fingerprint density at radius 1 is 1.18 bits per heavy atom. The lowest BCUT2D eigenvalue weighted by Gasteiger charge is -2.20. The molecular weight excluding hydrogens is 362 g/mol. The maximum atomic E-state index is 12.6. The van der Waals surface area contributed by atoms with Gasteiger partial charge < -0.3 is 13.9 Å². The third-order valence-corrected chi connectivity index (χ3v) is 4.89. The molecule has 1 aliphatic rings. The SMILES string of the molecule is O=C(Nc1nn[nH]n1)c1oc2ccccc2c1OCOC1CCCCCCC1. The number of nitrogens with one attached hydrogen (secondary N) is 2. The molecule has 4 rings (SSSR count). The zero-order chi connectivity index (χ0) is 19.2. The van der Waals surface area contributed by atoms with Gasteiger partial charge in [-0.05, 0) is 30.2 Å². The van der Waals surface area contributed by atoms with Gasteiger partial charge in [-0.2, -0.15) is 5.21 Å². The Hall–Kier alpha value is -2.94. The maximum Gasteiger partial charge on any atom is 0.297 e. The molecule has 9 nitrogen and oxygen atoms in total. The Morgan fingerprint density at radius 2 is 1.96 bits per heavy atom. The second kappa shape index (κ2) is 8.83. The molecule has 1 amide bonds. The number of aromatic amines is 1. The van der Waals surface area contributed by atoms with Crippen LogP contribution in [0.4, 0.5) is 5.95 Å². The summed E-state index contributed by atoms with van der Waals surface area (Å²) in [5.74, 6) is -0.0598. The van der Waals surface area contributed by atoms with Crippen LogP contribution >= 0.6 is 0 Å². The molecule has 0 bridgehead atoms. The predicted molar refractivity (Wildman–Crippen MR) is 101 cm³/mol. The first kappa shape index (κ1) is 18.4. The number of para-hydroxylation sites is 1. The molecule has 148 valence electrons. The van der Waals surface area contributed by atoms with E-state index in [0.717, 1.165) is 12.8 Å². The first-order valence-electron chi connectivity index (χ1n) is 9.62. The van der Waals surface area contributed by atoms with E-state index in [4.69, 9.17) is 13.9 Å². The number of rotatable bonds is 6. The summed E-state index contributed by atoms with van der Waals surface area (Å²) in [6.45, 7) is 0.0662. The van der Waals surface area contributed by atoms with Gasteiger partial charge in [0.15, 0.2) is 12.5 Å². The van der Waals surface area contributed by atoms with E-state index in [-0.39, 0.29) is 24.6 Å². The number of anilines is 1. The van der Waals surface area contributed by atoms with Crippen LogP contribution in [0.1, 0.15) is 55.5 Å². The van der Waals surface area contributed by atoms with Crippen LogP contribution in [-0.2, 0) is 4.74 Å². The molecule has 1 aromatic carbocycles. The number of aromatic nitrogens is 4. The number of benzene rings is 1. The van der Waals surface area contributed by atoms with Crippen molar-refractivity contribution < 1.29 is 18.7 Å². The average Bonchev–Trinajstić information content (AvgIpc) is 3.31. The molecule has 1 fully saturated rings. The van der Waals surface area contributed by atoms with Crippen LogP contribution in [0.25, 0.3) is 11.0 Å². The number of H-pyrrole nitrogens is 1. The predicted octanol–water partition coefficient (Wildman–Crippen LogP) is 3.66. The molecule has 2 N–H and O–H groups in total. The minimum Gasteiger partial charge on any atom is -0.463 e. The molecule has 2 heterocycles. The Morgan fingerprint density at radius 3 is 2.75 bits per heavy atom. The van der Waals surface area contributed by atoms with Crippen LogP contribution in [0.5, 0.6) is 5.75 Å². The summed E-state index contributed by atoms with van der Waals surface area (Å²) in [5.41, 5.74) is 0.557. The third-order valence-electron chi connectivity index (χ3n) is 4.89. The van der Waals surface area contributed by atoms with E-state index in [0.29, 0.717) is 16.7 Å². The second-order valence-electron chi connectivity index (χ2n) is 6.84. The lowest BCUT2D eigenvalue weighted by molar-refractivity contribution is -0.0454. The molecule has 1 aliphatic carbocycles. The minimum atomic E-state index is -0.515. The van der Waals surface area contributed by atoms with Crippen molar-refractivity contribution in [1.29, 1.82) is 0 Å². The molecule has 9 heteroatoms. The second-order valence-corrected chi connectivity index (χ2v) is 6.84. The van der Waals surface area contributed by atoms with Gasteiger partial charge in [-0.25, -0.2) is 0 Å². The molecule has 0 aliphatic heterocycles. The number of hydrogen-bond acceptors (Lipinski definition) is 7. The van der Waals surface area contributed by atoms with Crippen molar-refractivity contribution in [3.05, 3.63) is 30.0 Å². The Bertz CT molecular complexity index is 900. The molecule has 1 saturated carbocycles.